The van der Waals surface area contributed by atoms with Gasteiger partial charge in [0, 0.05) is 11.8 Å². The molecule has 1 aromatic carbocycles. The largest absolute Gasteiger partial charge is 0.464 e. The number of nitrogens with one attached hydrogen (secondary N) is 1. The summed E-state index contributed by atoms with van der Waals surface area (Å²) >= 11 is 0. The van der Waals surface area contributed by atoms with Crippen LogP contribution < -0.4 is 5.32 Å². The van der Waals surface area contributed by atoms with E-state index in [0.717, 1.165) is 12.1 Å². The SMILES string of the molecule is CCOC(=O)C(C)Nc1ccc(F)c(F)c1. The molecule has 1 atom stereocenters. The Morgan fingerprint density at radius 2 is 2.12 bits per heavy atom. The lowest BCUT2D eigenvalue weighted by atomic mass is 10.2. The van der Waals surface area contributed by atoms with E-state index in [0.29, 0.717) is 5.69 Å². The van der Waals surface area contributed by atoms with Crippen molar-refractivity contribution in [1.82, 2.24) is 0 Å². The van der Waals surface area contributed by atoms with Crippen molar-refractivity contribution in [3.05, 3.63) is 29.8 Å². The van der Waals surface area contributed by atoms with Gasteiger partial charge in [-0.25, -0.2) is 13.6 Å². The average molecular weight is 229 g/mol. The highest BCUT2D eigenvalue weighted by molar-refractivity contribution is 5.78. The van der Waals surface area contributed by atoms with Gasteiger partial charge in [-0.3, -0.25) is 0 Å². The summed E-state index contributed by atoms with van der Waals surface area (Å²) in [5.41, 5.74) is 0.333. The molecule has 88 valence electrons. The van der Waals surface area contributed by atoms with Gasteiger partial charge in [0.05, 0.1) is 6.61 Å². The van der Waals surface area contributed by atoms with Crippen molar-refractivity contribution in [2.45, 2.75) is 19.9 Å². The molecule has 0 aliphatic rings. The number of halogens is 2. The lowest BCUT2D eigenvalue weighted by molar-refractivity contribution is -0.143. The Bertz CT molecular complexity index is 382. The molecule has 0 heterocycles. The van der Waals surface area contributed by atoms with Crippen LogP contribution in [0.1, 0.15) is 13.8 Å². The summed E-state index contributed by atoms with van der Waals surface area (Å²) in [5, 5.41) is 2.71. The summed E-state index contributed by atoms with van der Waals surface area (Å²) < 4.78 is 30.2. The summed E-state index contributed by atoms with van der Waals surface area (Å²) in [6.45, 7) is 3.56. The number of carbonyl (C=O) groups is 1. The smallest absolute Gasteiger partial charge is 0.328 e. The zero-order valence-corrected chi connectivity index (χ0v) is 9.09. The summed E-state index contributed by atoms with van der Waals surface area (Å²) in [6, 6.07) is 2.74. The van der Waals surface area contributed by atoms with Gasteiger partial charge >= 0.3 is 5.97 Å². The van der Waals surface area contributed by atoms with Crippen LogP contribution in [0.15, 0.2) is 18.2 Å². The topological polar surface area (TPSA) is 38.3 Å². The van der Waals surface area contributed by atoms with Crippen molar-refractivity contribution >= 4 is 11.7 Å². The molecule has 5 heteroatoms. The third-order valence-corrected chi connectivity index (χ3v) is 1.94. The molecule has 1 unspecified atom stereocenters. The van der Waals surface area contributed by atoms with Crippen LogP contribution >= 0.6 is 0 Å². The highest BCUT2D eigenvalue weighted by Crippen LogP contribution is 2.14. The van der Waals surface area contributed by atoms with E-state index in [1.807, 2.05) is 0 Å². The number of hydrogen-bond donors (Lipinski definition) is 1. The minimum atomic E-state index is -0.957. The van der Waals surface area contributed by atoms with Gasteiger partial charge in [-0.05, 0) is 26.0 Å². The quantitative estimate of drug-likeness (QED) is 0.805. The molecule has 0 spiro atoms. The first-order valence-electron chi connectivity index (χ1n) is 4.92. The number of hydrogen-bond acceptors (Lipinski definition) is 3. The van der Waals surface area contributed by atoms with E-state index in [2.05, 4.69) is 5.32 Å². The standard InChI is InChI=1S/C11H13F2NO2/c1-3-16-11(15)7(2)14-8-4-5-9(12)10(13)6-8/h4-7,14H,3H2,1-2H3. The maximum absolute atomic E-state index is 12.8. The van der Waals surface area contributed by atoms with Crippen LogP contribution in [-0.4, -0.2) is 18.6 Å². The second-order valence-electron chi connectivity index (χ2n) is 3.25. The van der Waals surface area contributed by atoms with Crippen LogP contribution in [0.2, 0.25) is 0 Å². The van der Waals surface area contributed by atoms with Gasteiger partial charge in [0.15, 0.2) is 11.6 Å². The molecule has 0 saturated carbocycles. The Kier molecular flexibility index (Phi) is 4.22. The molecule has 0 saturated heterocycles. The highest BCUT2D eigenvalue weighted by atomic mass is 19.2. The van der Waals surface area contributed by atoms with E-state index in [1.165, 1.54) is 6.07 Å². The minimum Gasteiger partial charge on any atom is -0.464 e. The summed E-state index contributed by atoms with van der Waals surface area (Å²) in [7, 11) is 0. The first-order valence-corrected chi connectivity index (χ1v) is 4.92. The zero-order chi connectivity index (χ0) is 12.1. The van der Waals surface area contributed by atoms with Crippen molar-refractivity contribution in [2.24, 2.45) is 0 Å². The van der Waals surface area contributed by atoms with E-state index in [1.54, 1.807) is 13.8 Å². The Labute approximate surface area is 92.4 Å². The highest BCUT2D eigenvalue weighted by Gasteiger charge is 2.14. The number of anilines is 1. The first-order chi connectivity index (χ1) is 7.54. The number of ether oxygens (including phenoxy) is 1. The van der Waals surface area contributed by atoms with Crippen molar-refractivity contribution in [3.63, 3.8) is 0 Å². The fraction of sp³-hybridized carbons (Fsp3) is 0.364. The molecular formula is C11H13F2NO2. The molecule has 0 amide bonds. The molecule has 1 rings (SSSR count). The number of benzene rings is 1. The van der Waals surface area contributed by atoms with Crippen molar-refractivity contribution in [1.29, 1.82) is 0 Å². The van der Waals surface area contributed by atoms with E-state index in [-0.39, 0.29) is 6.61 Å². The number of esters is 1. The first kappa shape index (κ1) is 12.4. The van der Waals surface area contributed by atoms with Crippen LogP contribution in [0.3, 0.4) is 0 Å². The molecule has 1 aromatic rings. The van der Waals surface area contributed by atoms with Crippen LogP contribution in [0.5, 0.6) is 0 Å². The van der Waals surface area contributed by atoms with Crippen molar-refractivity contribution < 1.29 is 18.3 Å². The summed E-state index contributed by atoms with van der Waals surface area (Å²) in [5.74, 6) is -2.32. The lowest BCUT2D eigenvalue weighted by Gasteiger charge is -2.13. The van der Waals surface area contributed by atoms with Crippen molar-refractivity contribution in [3.8, 4) is 0 Å². The maximum Gasteiger partial charge on any atom is 0.328 e. The molecule has 1 N–H and O–H groups in total. The number of carbonyl (C=O) groups excluding carboxylic acids is 1. The van der Waals surface area contributed by atoms with Gasteiger partial charge in [-0.1, -0.05) is 0 Å². The van der Waals surface area contributed by atoms with Crippen LogP contribution in [0.25, 0.3) is 0 Å². The Balaban J connectivity index is 2.66. The molecule has 0 radical (unpaired) electrons. The molecule has 0 bridgehead atoms. The Morgan fingerprint density at radius 1 is 1.44 bits per heavy atom. The Hall–Kier alpha value is -1.65. The van der Waals surface area contributed by atoms with Gasteiger partial charge < -0.3 is 10.1 Å². The van der Waals surface area contributed by atoms with Gasteiger partial charge in [0.2, 0.25) is 0 Å². The average Bonchev–Trinajstić information content (AvgIpc) is 2.24. The van der Waals surface area contributed by atoms with Crippen LogP contribution in [0.4, 0.5) is 14.5 Å². The summed E-state index contributed by atoms with van der Waals surface area (Å²) in [6.07, 6.45) is 0. The maximum atomic E-state index is 12.8. The van der Waals surface area contributed by atoms with Gasteiger partial charge in [-0.2, -0.15) is 0 Å². The zero-order valence-electron chi connectivity index (χ0n) is 9.09. The van der Waals surface area contributed by atoms with Gasteiger partial charge in [-0.15, -0.1) is 0 Å². The molecule has 16 heavy (non-hydrogen) atoms. The number of rotatable bonds is 4. The van der Waals surface area contributed by atoms with Gasteiger partial charge in [0.25, 0.3) is 0 Å². The normalized spacial score (nSPS) is 12.0. The van der Waals surface area contributed by atoms with E-state index in [9.17, 15) is 13.6 Å². The summed E-state index contributed by atoms with van der Waals surface area (Å²) in [4.78, 5) is 11.2. The van der Waals surface area contributed by atoms with E-state index < -0.39 is 23.6 Å². The molecule has 0 fully saturated rings. The molecule has 3 nitrogen and oxygen atoms in total. The molecule has 0 aromatic heterocycles. The third-order valence-electron chi connectivity index (χ3n) is 1.94. The fourth-order valence-electron chi connectivity index (χ4n) is 1.16. The van der Waals surface area contributed by atoms with Crippen molar-refractivity contribution in [2.75, 3.05) is 11.9 Å². The fourth-order valence-corrected chi connectivity index (χ4v) is 1.16. The second-order valence-corrected chi connectivity index (χ2v) is 3.25. The van der Waals surface area contributed by atoms with E-state index >= 15 is 0 Å². The monoisotopic (exact) mass is 229 g/mol. The van der Waals surface area contributed by atoms with Crippen LogP contribution in [-0.2, 0) is 9.53 Å². The minimum absolute atomic E-state index is 0.280. The van der Waals surface area contributed by atoms with Crippen LogP contribution in [0, 0.1) is 11.6 Å². The second kappa shape index (κ2) is 5.44. The van der Waals surface area contributed by atoms with Gasteiger partial charge in [0.1, 0.15) is 6.04 Å². The lowest BCUT2D eigenvalue weighted by Crippen LogP contribution is -2.28. The third kappa shape index (κ3) is 3.18. The molecular weight excluding hydrogens is 216 g/mol. The van der Waals surface area contributed by atoms with E-state index in [4.69, 9.17) is 4.74 Å². The predicted octanol–water partition coefficient (Wildman–Crippen LogP) is 2.33. The molecule has 0 aliphatic carbocycles. The predicted molar refractivity (Wildman–Crippen MR) is 56.1 cm³/mol. The Morgan fingerprint density at radius 3 is 2.69 bits per heavy atom. The molecule has 0 aliphatic heterocycles.